The number of pyridine rings is 1. The van der Waals surface area contributed by atoms with Crippen molar-refractivity contribution in [3.63, 3.8) is 0 Å². The Labute approximate surface area is 119 Å². The van der Waals surface area contributed by atoms with Crippen LogP contribution in [0.4, 0.5) is 5.69 Å². The van der Waals surface area contributed by atoms with Gasteiger partial charge in [0.25, 0.3) is 5.69 Å². The third-order valence-electron chi connectivity index (χ3n) is 3.13. The number of hydrogen-bond donors (Lipinski definition) is 0. The van der Waals surface area contributed by atoms with Crippen LogP contribution in [0.1, 0.15) is 5.69 Å². The molecule has 0 aliphatic carbocycles. The Morgan fingerprint density at radius 2 is 2.10 bits per heavy atom. The second-order valence-electron chi connectivity index (χ2n) is 4.44. The fourth-order valence-electron chi connectivity index (χ4n) is 2.10. The number of nitrogens with zero attached hydrogens (tertiary/aromatic N) is 3. The zero-order valence-electron chi connectivity index (χ0n) is 10.6. The number of halogens is 1. The Kier molecular flexibility index (Phi) is 2.91. The van der Waals surface area contributed by atoms with E-state index in [2.05, 4.69) is 4.98 Å². The Balaban J connectivity index is 2.18. The van der Waals surface area contributed by atoms with Gasteiger partial charge in [0.2, 0.25) is 0 Å². The second-order valence-corrected chi connectivity index (χ2v) is 4.85. The van der Waals surface area contributed by atoms with E-state index < -0.39 is 4.92 Å². The lowest BCUT2D eigenvalue weighted by atomic mass is 10.1. The molecule has 6 heteroatoms. The van der Waals surface area contributed by atoms with Crippen molar-refractivity contribution >= 4 is 22.9 Å². The smallest absolute Gasteiger partial charge is 0.288 e. The maximum absolute atomic E-state index is 10.9. The number of imidazole rings is 1. The fourth-order valence-corrected chi connectivity index (χ4v) is 2.29. The quantitative estimate of drug-likeness (QED) is 0.531. The molecule has 2 heterocycles. The summed E-state index contributed by atoms with van der Waals surface area (Å²) in [4.78, 5) is 14.9. The Morgan fingerprint density at radius 1 is 1.30 bits per heavy atom. The molecule has 100 valence electrons. The van der Waals surface area contributed by atoms with E-state index in [1.165, 1.54) is 12.1 Å². The summed E-state index contributed by atoms with van der Waals surface area (Å²) >= 11 is 5.82. The third-order valence-corrected chi connectivity index (χ3v) is 3.45. The van der Waals surface area contributed by atoms with Crippen LogP contribution >= 0.6 is 11.6 Å². The van der Waals surface area contributed by atoms with Gasteiger partial charge in [-0.3, -0.25) is 10.1 Å². The Bertz CT molecular complexity index is 826. The van der Waals surface area contributed by atoms with Crippen LogP contribution in [0.3, 0.4) is 0 Å². The minimum Gasteiger partial charge on any atom is -0.304 e. The number of nitro benzene ring substituents is 1. The molecule has 20 heavy (non-hydrogen) atoms. The lowest BCUT2D eigenvalue weighted by Gasteiger charge is -1.98. The second kappa shape index (κ2) is 4.61. The molecule has 0 aliphatic rings. The summed E-state index contributed by atoms with van der Waals surface area (Å²) in [7, 11) is 0. The predicted octanol–water partition coefficient (Wildman–Crippen LogP) is 3.87. The van der Waals surface area contributed by atoms with Gasteiger partial charge in [-0.15, -0.1) is 0 Å². The van der Waals surface area contributed by atoms with E-state index in [0.29, 0.717) is 11.3 Å². The van der Waals surface area contributed by atoms with Gasteiger partial charge in [-0.25, -0.2) is 4.98 Å². The number of aryl methyl sites for hydroxylation is 1. The zero-order chi connectivity index (χ0) is 14.3. The van der Waals surface area contributed by atoms with Gasteiger partial charge >= 0.3 is 0 Å². The summed E-state index contributed by atoms with van der Waals surface area (Å²) in [6, 6.07) is 10.5. The van der Waals surface area contributed by atoms with Gasteiger partial charge in [0, 0.05) is 23.5 Å². The lowest BCUT2D eigenvalue weighted by molar-refractivity contribution is -0.384. The molecule has 0 amide bonds. The molecule has 0 fully saturated rings. The molecule has 0 atom stereocenters. The number of hydrogen-bond acceptors (Lipinski definition) is 3. The van der Waals surface area contributed by atoms with Crippen LogP contribution < -0.4 is 0 Å². The summed E-state index contributed by atoms with van der Waals surface area (Å²) in [6.07, 6.45) is 1.86. The summed E-state index contributed by atoms with van der Waals surface area (Å²) in [5, 5.41) is 11.1. The van der Waals surface area contributed by atoms with E-state index in [1.54, 1.807) is 6.07 Å². The molecule has 3 rings (SSSR count). The SMILES string of the molecule is Cc1cccc2nc(-c3ccc(Cl)c([N+](=O)[O-])c3)cn12. The first kappa shape index (κ1) is 12.6. The highest BCUT2D eigenvalue weighted by Gasteiger charge is 2.15. The molecule has 2 aromatic heterocycles. The summed E-state index contributed by atoms with van der Waals surface area (Å²) < 4.78 is 1.94. The molecule has 5 nitrogen and oxygen atoms in total. The largest absolute Gasteiger partial charge is 0.304 e. The molecule has 0 saturated carbocycles. The van der Waals surface area contributed by atoms with Crippen molar-refractivity contribution in [1.82, 2.24) is 9.38 Å². The molecule has 0 spiro atoms. The van der Waals surface area contributed by atoms with Crippen LogP contribution in [-0.2, 0) is 0 Å². The lowest BCUT2D eigenvalue weighted by Crippen LogP contribution is -1.90. The average molecular weight is 288 g/mol. The molecule has 1 aromatic carbocycles. The predicted molar refractivity (Wildman–Crippen MR) is 77.0 cm³/mol. The van der Waals surface area contributed by atoms with Crippen molar-refractivity contribution in [2.75, 3.05) is 0 Å². The van der Waals surface area contributed by atoms with E-state index in [0.717, 1.165) is 11.3 Å². The zero-order valence-corrected chi connectivity index (χ0v) is 11.3. The number of nitro groups is 1. The number of aromatic nitrogens is 2. The van der Waals surface area contributed by atoms with Crippen LogP contribution in [0.2, 0.25) is 5.02 Å². The fraction of sp³-hybridized carbons (Fsp3) is 0.0714. The van der Waals surface area contributed by atoms with E-state index in [9.17, 15) is 10.1 Å². The van der Waals surface area contributed by atoms with Gasteiger partial charge in [0.1, 0.15) is 10.7 Å². The molecule has 0 aliphatic heterocycles. The first-order chi connectivity index (χ1) is 9.56. The van der Waals surface area contributed by atoms with Crippen LogP contribution in [0.25, 0.3) is 16.9 Å². The highest BCUT2D eigenvalue weighted by molar-refractivity contribution is 6.32. The molecule has 0 bridgehead atoms. The Morgan fingerprint density at radius 3 is 2.80 bits per heavy atom. The van der Waals surface area contributed by atoms with Crippen LogP contribution in [0.15, 0.2) is 42.6 Å². The van der Waals surface area contributed by atoms with E-state index in [-0.39, 0.29) is 10.7 Å². The maximum Gasteiger partial charge on any atom is 0.288 e. The van der Waals surface area contributed by atoms with Crippen LogP contribution in [0, 0.1) is 17.0 Å². The highest BCUT2D eigenvalue weighted by Crippen LogP contribution is 2.30. The van der Waals surface area contributed by atoms with Gasteiger partial charge in [-0.05, 0) is 25.1 Å². The molecule has 0 radical (unpaired) electrons. The van der Waals surface area contributed by atoms with E-state index in [1.807, 2.05) is 35.7 Å². The van der Waals surface area contributed by atoms with Crippen molar-refractivity contribution in [3.8, 4) is 11.3 Å². The maximum atomic E-state index is 10.9. The van der Waals surface area contributed by atoms with Crippen molar-refractivity contribution in [3.05, 3.63) is 63.4 Å². The van der Waals surface area contributed by atoms with Crippen molar-refractivity contribution in [2.45, 2.75) is 6.92 Å². The van der Waals surface area contributed by atoms with Crippen LogP contribution in [0.5, 0.6) is 0 Å². The molecular weight excluding hydrogens is 278 g/mol. The van der Waals surface area contributed by atoms with Gasteiger partial charge in [-0.1, -0.05) is 23.7 Å². The molecule has 0 N–H and O–H groups in total. The number of rotatable bonds is 2. The Hall–Kier alpha value is -2.40. The van der Waals surface area contributed by atoms with Gasteiger partial charge in [0.15, 0.2) is 0 Å². The number of fused-ring (bicyclic) bond motifs is 1. The molecule has 3 aromatic rings. The first-order valence-corrected chi connectivity index (χ1v) is 6.33. The minimum absolute atomic E-state index is 0.113. The summed E-state index contributed by atoms with van der Waals surface area (Å²) in [6.45, 7) is 1.97. The highest BCUT2D eigenvalue weighted by atomic mass is 35.5. The van der Waals surface area contributed by atoms with E-state index in [4.69, 9.17) is 11.6 Å². The average Bonchev–Trinajstić information content (AvgIpc) is 2.84. The third kappa shape index (κ3) is 2.02. The topological polar surface area (TPSA) is 60.4 Å². The van der Waals surface area contributed by atoms with Crippen molar-refractivity contribution in [2.24, 2.45) is 0 Å². The monoisotopic (exact) mass is 287 g/mol. The summed E-state index contributed by atoms with van der Waals surface area (Å²) in [5.74, 6) is 0. The van der Waals surface area contributed by atoms with Crippen molar-refractivity contribution < 1.29 is 4.92 Å². The van der Waals surface area contributed by atoms with Gasteiger partial charge in [0.05, 0.1) is 10.6 Å². The van der Waals surface area contributed by atoms with Gasteiger partial charge < -0.3 is 4.40 Å². The van der Waals surface area contributed by atoms with Crippen molar-refractivity contribution in [1.29, 1.82) is 0 Å². The number of benzene rings is 1. The summed E-state index contributed by atoms with van der Waals surface area (Å²) in [5.41, 5.74) is 3.09. The molecular formula is C14H10ClN3O2. The van der Waals surface area contributed by atoms with Crippen LogP contribution in [-0.4, -0.2) is 14.3 Å². The van der Waals surface area contributed by atoms with E-state index >= 15 is 0 Å². The van der Waals surface area contributed by atoms with Gasteiger partial charge in [-0.2, -0.15) is 0 Å². The molecule has 0 saturated heterocycles. The standard InChI is InChI=1S/C14H10ClN3O2/c1-9-3-2-4-14-16-12(8-17(9)14)10-5-6-11(15)13(7-10)18(19)20/h2-8H,1H3. The minimum atomic E-state index is -0.493. The normalized spacial score (nSPS) is 10.9. The molecule has 0 unspecified atom stereocenters. The first-order valence-electron chi connectivity index (χ1n) is 5.95.